The third kappa shape index (κ3) is 3.42. The summed E-state index contributed by atoms with van der Waals surface area (Å²) in [4.78, 5) is 11.1. The minimum Gasteiger partial charge on any atom is -0.505 e. The predicted molar refractivity (Wildman–Crippen MR) is 62.7 cm³/mol. The van der Waals surface area contributed by atoms with Crippen molar-refractivity contribution >= 4 is 5.91 Å². The van der Waals surface area contributed by atoms with E-state index in [-0.39, 0.29) is 12.3 Å². The number of halogens is 1. The molecule has 0 aliphatic rings. The Kier molecular flexibility index (Phi) is 4.07. The van der Waals surface area contributed by atoms with E-state index in [0.29, 0.717) is 12.1 Å². The van der Waals surface area contributed by atoms with Gasteiger partial charge in [0.25, 0.3) is 0 Å². The highest BCUT2D eigenvalue weighted by Gasteiger charge is 2.24. The van der Waals surface area contributed by atoms with Crippen LogP contribution >= 0.6 is 0 Å². The molecule has 0 saturated heterocycles. The van der Waals surface area contributed by atoms with Crippen LogP contribution in [-0.4, -0.2) is 17.6 Å². The van der Waals surface area contributed by atoms with E-state index in [1.54, 1.807) is 19.9 Å². The number of phenolic OH excluding ortho intramolecular Hbond substituents is 1. The van der Waals surface area contributed by atoms with Crippen LogP contribution in [0.5, 0.6) is 5.75 Å². The molecule has 1 rings (SSSR count). The normalized spacial score (nSPS) is 11.5. The second-order valence-electron chi connectivity index (χ2n) is 4.60. The van der Waals surface area contributed by atoms with E-state index in [9.17, 15) is 14.3 Å². The van der Waals surface area contributed by atoms with Crippen molar-refractivity contribution in [2.45, 2.75) is 20.4 Å². The fourth-order valence-electron chi connectivity index (χ4n) is 1.30. The third-order valence-electron chi connectivity index (χ3n) is 2.62. The van der Waals surface area contributed by atoms with Crippen molar-refractivity contribution in [3.05, 3.63) is 29.6 Å². The second kappa shape index (κ2) is 5.14. The van der Waals surface area contributed by atoms with Crippen molar-refractivity contribution in [3.8, 4) is 5.75 Å². The molecule has 0 unspecified atom stereocenters. The largest absolute Gasteiger partial charge is 0.505 e. The van der Waals surface area contributed by atoms with Gasteiger partial charge in [-0.3, -0.25) is 4.79 Å². The lowest BCUT2D eigenvalue weighted by molar-refractivity contribution is -0.125. The summed E-state index contributed by atoms with van der Waals surface area (Å²) in [6.45, 7) is 4.07. The van der Waals surface area contributed by atoms with Gasteiger partial charge in [0.2, 0.25) is 5.91 Å². The Morgan fingerprint density at radius 3 is 2.76 bits per heavy atom. The van der Waals surface area contributed by atoms with Gasteiger partial charge in [0, 0.05) is 18.7 Å². The first kappa shape index (κ1) is 13.4. The average molecular weight is 240 g/mol. The number of primary amides is 1. The lowest BCUT2D eigenvalue weighted by atomic mass is 9.93. The van der Waals surface area contributed by atoms with Gasteiger partial charge in [0.05, 0.1) is 5.41 Å². The molecule has 0 bridgehead atoms. The fraction of sp³-hybridized carbons (Fsp3) is 0.417. The molecule has 94 valence electrons. The Morgan fingerprint density at radius 2 is 2.18 bits per heavy atom. The molecule has 5 heteroatoms. The summed E-state index contributed by atoms with van der Waals surface area (Å²) in [5, 5.41) is 12.4. The van der Waals surface area contributed by atoms with E-state index in [4.69, 9.17) is 5.73 Å². The van der Waals surface area contributed by atoms with E-state index >= 15 is 0 Å². The second-order valence-corrected chi connectivity index (χ2v) is 4.60. The molecule has 1 aromatic rings. The molecule has 0 aromatic heterocycles. The number of rotatable bonds is 5. The highest BCUT2D eigenvalue weighted by molar-refractivity contribution is 5.80. The average Bonchev–Trinajstić information content (AvgIpc) is 2.24. The number of benzene rings is 1. The van der Waals surface area contributed by atoms with Crippen molar-refractivity contribution in [1.82, 2.24) is 5.32 Å². The summed E-state index contributed by atoms with van der Waals surface area (Å²) in [5.74, 6) is -1.43. The minimum atomic E-state index is -0.678. The molecular weight excluding hydrogens is 223 g/mol. The molecule has 0 aliphatic carbocycles. The number of amides is 1. The van der Waals surface area contributed by atoms with E-state index < -0.39 is 17.1 Å². The van der Waals surface area contributed by atoms with Crippen LogP contribution in [0.2, 0.25) is 0 Å². The molecule has 0 aliphatic heterocycles. The first-order chi connectivity index (χ1) is 7.84. The minimum absolute atomic E-state index is 0.278. The Hall–Kier alpha value is -1.62. The number of carbonyl (C=O) groups is 1. The molecule has 17 heavy (non-hydrogen) atoms. The summed E-state index contributed by atoms with van der Waals surface area (Å²) in [6.07, 6.45) is 0. The molecular formula is C12H17FN2O2. The van der Waals surface area contributed by atoms with Gasteiger partial charge in [0.15, 0.2) is 11.6 Å². The maximum Gasteiger partial charge on any atom is 0.224 e. The maximum atomic E-state index is 13.0. The summed E-state index contributed by atoms with van der Waals surface area (Å²) < 4.78 is 13.0. The molecule has 0 spiro atoms. The number of nitrogens with two attached hydrogens (primary N) is 1. The van der Waals surface area contributed by atoms with E-state index in [1.807, 2.05) is 0 Å². The summed E-state index contributed by atoms with van der Waals surface area (Å²) >= 11 is 0. The van der Waals surface area contributed by atoms with Gasteiger partial charge in [-0.2, -0.15) is 0 Å². The molecule has 0 saturated carbocycles. The van der Waals surface area contributed by atoms with Gasteiger partial charge in [0.1, 0.15) is 0 Å². The van der Waals surface area contributed by atoms with Crippen LogP contribution in [0.1, 0.15) is 19.4 Å². The van der Waals surface area contributed by atoms with Crippen molar-refractivity contribution in [3.63, 3.8) is 0 Å². The van der Waals surface area contributed by atoms with Gasteiger partial charge < -0.3 is 16.2 Å². The number of nitrogens with one attached hydrogen (secondary N) is 1. The maximum absolute atomic E-state index is 13.0. The Balaban J connectivity index is 2.58. The smallest absolute Gasteiger partial charge is 0.224 e. The fourth-order valence-corrected chi connectivity index (χ4v) is 1.30. The highest BCUT2D eigenvalue weighted by atomic mass is 19.1. The number of phenols is 1. The van der Waals surface area contributed by atoms with Crippen LogP contribution in [0.4, 0.5) is 4.39 Å². The van der Waals surface area contributed by atoms with Crippen LogP contribution < -0.4 is 11.1 Å². The number of carbonyl (C=O) groups excluding carboxylic acids is 1. The number of hydrogen-bond donors (Lipinski definition) is 3. The zero-order valence-electron chi connectivity index (χ0n) is 9.96. The monoisotopic (exact) mass is 240 g/mol. The van der Waals surface area contributed by atoms with Crippen LogP contribution in [0, 0.1) is 11.2 Å². The number of para-hydroxylation sites is 1. The van der Waals surface area contributed by atoms with Gasteiger partial charge in [-0.1, -0.05) is 12.1 Å². The van der Waals surface area contributed by atoms with Gasteiger partial charge in [-0.15, -0.1) is 0 Å². The van der Waals surface area contributed by atoms with Gasteiger partial charge in [-0.25, -0.2) is 4.39 Å². The molecule has 0 atom stereocenters. The Labute approximate surface area is 99.6 Å². The Bertz CT molecular complexity index is 419. The highest BCUT2D eigenvalue weighted by Crippen LogP contribution is 2.20. The van der Waals surface area contributed by atoms with Crippen LogP contribution in [0.3, 0.4) is 0 Å². The standard InChI is InChI=1S/C12H17FN2O2/c1-12(2,11(14)17)7-15-6-8-4-3-5-9(13)10(8)16/h3-5,15-16H,6-7H2,1-2H3,(H2,14,17). The number of hydrogen-bond acceptors (Lipinski definition) is 3. The van der Waals surface area contributed by atoms with E-state index in [2.05, 4.69) is 5.32 Å². The van der Waals surface area contributed by atoms with Crippen LogP contribution in [0.25, 0.3) is 0 Å². The first-order valence-electron chi connectivity index (χ1n) is 5.31. The third-order valence-corrected chi connectivity index (χ3v) is 2.62. The lowest BCUT2D eigenvalue weighted by Gasteiger charge is -2.20. The summed E-state index contributed by atoms with van der Waals surface area (Å²) in [6, 6.07) is 4.32. The molecule has 4 nitrogen and oxygen atoms in total. The van der Waals surface area contributed by atoms with Crippen molar-refractivity contribution in [2.75, 3.05) is 6.54 Å². The van der Waals surface area contributed by atoms with Crippen molar-refractivity contribution < 1.29 is 14.3 Å². The van der Waals surface area contributed by atoms with Crippen LogP contribution in [-0.2, 0) is 11.3 Å². The van der Waals surface area contributed by atoms with E-state index in [1.165, 1.54) is 12.1 Å². The summed E-state index contributed by atoms with van der Waals surface area (Å²) in [7, 11) is 0. The lowest BCUT2D eigenvalue weighted by Crippen LogP contribution is -2.40. The summed E-state index contributed by atoms with van der Waals surface area (Å²) in [5.41, 5.74) is 4.99. The molecule has 0 heterocycles. The number of aromatic hydroxyl groups is 1. The molecule has 0 fully saturated rings. The van der Waals surface area contributed by atoms with Gasteiger partial charge >= 0.3 is 0 Å². The molecule has 1 amide bonds. The topological polar surface area (TPSA) is 75.3 Å². The van der Waals surface area contributed by atoms with Gasteiger partial charge in [-0.05, 0) is 19.9 Å². The zero-order chi connectivity index (χ0) is 13.1. The predicted octanol–water partition coefficient (Wildman–Crippen LogP) is 1.13. The zero-order valence-corrected chi connectivity index (χ0v) is 9.96. The Morgan fingerprint density at radius 1 is 1.53 bits per heavy atom. The van der Waals surface area contributed by atoms with Crippen LogP contribution in [0.15, 0.2) is 18.2 Å². The molecule has 0 radical (unpaired) electrons. The SMILES string of the molecule is CC(C)(CNCc1cccc(F)c1O)C(N)=O. The quantitative estimate of drug-likeness (QED) is 0.722. The molecule has 4 N–H and O–H groups in total. The van der Waals surface area contributed by atoms with Crippen molar-refractivity contribution in [1.29, 1.82) is 0 Å². The first-order valence-corrected chi connectivity index (χ1v) is 5.31. The van der Waals surface area contributed by atoms with Crippen molar-refractivity contribution in [2.24, 2.45) is 11.1 Å². The van der Waals surface area contributed by atoms with E-state index in [0.717, 1.165) is 0 Å². The molecule has 1 aromatic carbocycles.